The van der Waals surface area contributed by atoms with Crippen LogP contribution in [-0.2, 0) is 11.2 Å². The number of fused-ring (bicyclic) bond motifs is 1. The third kappa shape index (κ3) is 2.90. The quantitative estimate of drug-likeness (QED) is 0.873. The van der Waals surface area contributed by atoms with Gasteiger partial charge >= 0.3 is 0 Å². The molecule has 4 nitrogen and oxygen atoms in total. The summed E-state index contributed by atoms with van der Waals surface area (Å²) < 4.78 is 0. The number of carbonyl (C=O) groups is 1. The van der Waals surface area contributed by atoms with Crippen molar-refractivity contribution >= 4 is 16.8 Å². The van der Waals surface area contributed by atoms with Gasteiger partial charge in [-0.2, -0.15) is 0 Å². The van der Waals surface area contributed by atoms with Crippen molar-refractivity contribution < 1.29 is 9.90 Å². The molecule has 0 bridgehead atoms. The number of aliphatic hydroxyl groups excluding tert-OH is 1. The van der Waals surface area contributed by atoms with Gasteiger partial charge in [-0.1, -0.05) is 18.2 Å². The normalized spacial score (nSPS) is 10.7. The fraction of sp³-hybridized carbons (Fsp3) is 0.333. The van der Waals surface area contributed by atoms with E-state index in [1.807, 2.05) is 38.1 Å². The molecule has 0 aliphatic carbocycles. The van der Waals surface area contributed by atoms with Crippen molar-refractivity contribution in [2.45, 2.75) is 20.3 Å². The Morgan fingerprint density at radius 2 is 2.05 bits per heavy atom. The van der Waals surface area contributed by atoms with Gasteiger partial charge in [-0.25, -0.2) is 0 Å². The minimum absolute atomic E-state index is 0.0420. The second-order valence-corrected chi connectivity index (χ2v) is 4.57. The summed E-state index contributed by atoms with van der Waals surface area (Å²) in [5.74, 6) is -0.0858. The molecule has 2 N–H and O–H groups in total. The highest BCUT2D eigenvalue weighted by Gasteiger charge is 2.12. The first-order valence-corrected chi connectivity index (χ1v) is 6.36. The molecule has 0 unspecified atom stereocenters. The van der Waals surface area contributed by atoms with Crippen LogP contribution in [0.2, 0.25) is 0 Å². The molecular weight excluding hydrogens is 240 g/mol. The van der Waals surface area contributed by atoms with Crippen LogP contribution < -0.4 is 5.32 Å². The first-order chi connectivity index (χ1) is 9.13. The van der Waals surface area contributed by atoms with E-state index in [9.17, 15) is 4.79 Å². The van der Waals surface area contributed by atoms with Crippen LogP contribution in [0.3, 0.4) is 0 Å². The molecule has 0 aliphatic rings. The van der Waals surface area contributed by atoms with E-state index < -0.39 is 0 Å². The van der Waals surface area contributed by atoms with Crippen LogP contribution >= 0.6 is 0 Å². The first-order valence-electron chi connectivity index (χ1n) is 6.36. The molecule has 1 heterocycles. The monoisotopic (exact) mass is 258 g/mol. The van der Waals surface area contributed by atoms with Crippen LogP contribution in [-0.4, -0.2) is 29.1 Å². The number of aliphatic hydroxyl groups is 1. The smallest absolute Gasteiger partial charge is 0.224 e. The van der Waals surface area contributed by atoms with Crippen molar-refractivity contribution in [1.29, 1.82) is 0 Å². The number of amides is 1. The lowest BCUT2D eigenvalue weighted by Crippen LogP contribution is -2.28. The minimum Gasteiger partial charge on any atom is -0.395 e. The average Bonchev–Trinajstić information content (AvgIpc) is 2.41. The Hall–Kier alpha value is -1.94. The average molecular weight is 258 g/mol. The van der Waals surface area contributed by atoms with Gasteiger partial charge in [0, 0.05) is 17.6 Å². The highest BCUT2D eigenvalue weighted by Crippen LogP contribution is 2.22. The Morgan fingerprint density at radius 1 is 1.32 bits per heavy atom. The highest BCUT2D eigenvalue weighted by atomic mass is 16.3. The molecule has 0 saturated heterocycles. The van der Waals surface area contributed by atoms with Gasteiger partial charge in [0.1, 0.15) is 0 Å². The molecule has 4 heteroatoms. The third-order valence-electron chi connectivity index (χ3n) is 3.26. The lowest BCUT2D eigenvalue weighted by atomic mass is 9.99. The van der Waals surface area contributed by atoms with Gasteiger partial charge < -0.3 is 10.4 Å². The van der Waals surface area contributed by atoms with Gasteiger partial charge in [-0.05, 0) is 31.0 Å². The molecular formula is C15H18N2O2. The second-order valence-electron chi connectivity index (χ2n) is 4.57. The molecule has 0 fully saturated rings. The van der Waals surface area contributed by atoms with Crippen molar-refractivity contribution in [1.82, 2.24) is 10.3 Å². The number of aryl methyl sites for hydroxylation is 2. The first kappa shape index (κ1) is 13.5. The number of nitrogens with zero attached hydrogens (tertiary/aromatic N) is 1. The van der Waals surface area contributed by atoms with E-state index >= 15 is 0 Å². The van der Waals surface area contributed by atoms with Crippen LogP contribution in [0.5, 0.6) is 0 Å². The molecule has 1 aromatic carbocycles. The number of carbonyl (C=O) groups excluding carboxylic acids is 1. The zero-order chi connectivity index (χ0) is 13.8. The highest BCUT2D eigenvalue weighted by molar-refractivity contribution is 5.86. The molecule has 1 amide bonds. The molecule has 1 aromatic heterocycles. The van der Waals surface area contributed by atoms with Crippen LogP contribution in [0.15, 0.2) is 24.3 Å². The van der Waals surface area contributed by atoms with Gasteiger partial charge in [-0.3, -0.25) is 9.78 Å². The standard InChI is InChI=1S/C15H18N2O2/c1-10-12-5-3-4-6-14(12)17-11(2)13(10)9-15(19)16-7-8-18/h3-6,18H,7-9H2,1-2H3,(H,16,19). The number of rotatable bonds is 4. The fourth-order valence-electron chi connectivity index (χ4n) is 2.25. The third-order valence-corrected chi connectivity index (χ3v) is 3.26. The lowest BCUT2D eigenvalue weighted by Gasteiger charge is -2.12. The van der Waals surface area contributed by atoms with Gasteiger partial charge in [0.05, 0.1) is 18.5 Å². The number of hydrogen-bond donors (Lipinski definition) is 2. The Morgan fingerprint density at radius 3 is 2.79 bits per heavy atom. The van der Waals surface area contributed by atoms with E-state index in [2.05, 4.69) is 10.3 Å². The van der Waals surface area contributed by atoms with E-state index in [1.54, 1.807) is 0 Å². The number of nitrogens with one attached hydrogen (secondary N) is 1. The van der Waals surface area contributed by atoms with Gasteiger partial charge in [0.2, 0.25) is 5.91 Å². The van der Waals surface area contributed by atoms with Crippen molar-refractivity contribution in [3.63, 3.8) is 0 Å². The van der Waals surface area contributed by atoms with Crippen LogP contribution in [0.1, 0.15) is 16.8 Å². The number of aromatic nitrogens is 1. The largest absolute Gasteiger partial charge is 0.395 e. The van der Waals surface area contributed by atoms with E-state index in [1.165, 1.54) is 0 Å². The number of pyridine rings is 1. The Kier molecular flexibility index (Phi) is 4.12. The van der Waals surface area contributed by atoms with Crippen LogP contribution in [0.25, 0.3) is 10.9 Å². The van der Waals surface area contributed by atoms with E-state index in [0.29, 0.717) is 6.42 Å². The summed E-state index contributed by atoms with van der Waals surface area (Å²) in [7, 11) is 0. The number of benzene rings is 1. The number of hydrogen-bond acceptors (Lipinski definition) is 3. The van der Waals surface area contributed by atoms with Crippen LogP contribution in [0, 0.1) is 13.8 Å². The SMILES string of the molecule is Cc1nc2ccccc2c(C)c1CC(=O)NCCO. The predicted octanol–water partition coefficient (Wildman–Crippen LogP) is 1.50. The van der Waals surface area contributed by atoms with Crippen molar-refractivity contribution in [3.05, 3.63) is 41.1 Å². The van der Waals surface area contributed by atoms with Crippen molar-refractivity contribution in [2.75, 3.05) is 13.2 Å². The topological polar surface area (TPSA) is 62.2 Å². The second kappa shape index (κ2) is 5.80. The maximum atomic E-state index is 11.8. The van der Waals surface area contributed by atoms with E-state index in [-0.39, 0.29) is 19.1 Å². The minimum atomic E-state index is -0.0858. The van der Waals surface area contributed by atoms with E-state index in [4.69, 9.17) is 5.11 Å². The number of para-hydroxylation sites is 1. The molecule has 0 saturated carbocycles. The Labute approximate surface area is 112 Å². The summed E-state index contributed by atoms with van der Waals surface area (Å²) in [4.78, 5) is 16.3. The summed E-state index contributed by atoms with van der Waals surface area (Å²) in [5, 5.41) is 12.5. The molecule has 0 radical (unpaired) electrons. The summed E-state index contributed by atoms with van der Waals surface area (Å²) in [6, 6.07) is 7.93. The molecule has 19 heavy (non-hydrogen) atoms. The van der Waals surface area contributed by atoms with Crippen LogP contribution in [0.4, 0.5) is 0 Å². The zero-order valence-electron chi connectivity index (χ0n) is 11.2. The Balaban J connectivity index is 2.35. The maximum absolute atomic E-state index is 11.8. The van der Waals surface area contributed by atoms with Gasteiger partial charge in [-0.15, -0.1) is 0 Å². The fourth-order valence-corrected chi connectivity index (χ4v) is 2.25. The summed E-state index contributed by atoms with van der Waals surface area (Å²) in [6.07, 6.45) is 0.301. The van der Waals surface area contributed by atoms with Crippen molar-refractivity contribution in [2.24, 2.45) is 0 Å². The van der Waals surface area contributed by atoms with Crippen molar-refractivity contribution in [3.8, 4) is 0 Å². The summed E-state index contributed by atoms with van der Waals surface area (Å²) in [6.45, 7) is 4.19. The van der Waals surface area contributed by atoms with Gasteiger partial charge in [0.15, 0.2) is 0 Å². The van der Waals surface area contributed by atoms with E-state index in [0.717, 1.165) is 27.7 Å². The maximum Gasteiger partial charge on any atom is 0.224 e. The Bertz CT molecular complexity index is 608. The lowest BCUT2D eigenvalue weighted by molar-refractivity contribution is -0.120. The molecule has 0 aliphatic heterocycles. The zero-order valence-corrected chi connectivity index (χ0v) is 11.2. The molecule has 2 rings (SSSR count). The summed E-state index contributed by atoms with van der Waals surface area (Å²) >= 11 is 0. The molecule has 100 valence electrons. The molecule has 0 spiro atoms. The van der Waals surface area contributed by atoms with Gasteiger partial charge in [0.25, 0.3) is 0 Å². The molecule has 0 atom stereocenters. The summed E-state index contributed by atoms with van der Waals surface area (Å²) in [5.41, 5.74) is 3.91. The molecule has 2 aromatic rings. The predicted molar refractivity (Wildman–Crippen MR) is 75.0 cm³/mol.